The predicted molar refractivity (Wildman–Crippen MR) is 76.0 cm³/mol. The van der Waals surface area contributed by atoms with Crippen LogP contribution in [0.1, 0.15) is 48.0 Å². The van der Waals surface area contributed by atoms with Crippen LogP contribution in [0.5, 0.6) is 0 Å². The molecule has 0 radical (unpaired) electrons. The summed E-state index contributed by atoms with van der Waals surface area (Å²) in [6.45, 7) is 2.08. The number of benzene rings is 1. The van der Waals surface area contributed by atoms with Crippen molar-refractivity contribution < 1.29 is 4.79 Å². The fraction of sp³-hybridized carbons (Fsp3) is 0.611. The molecule has 1 aromatic carbocycles. The predicted octanol–water partition coefficient (Wildman–Crippen LogP) is 4.25. The number of ketones is 1. The summed E-state index contributed by atoms with van der Waals surface area (Å²) in [5, 5.41) is 0. The summed E-state index contributed by atoms with van der Waals surface area (Å²) in [5.41, 5.74) is 2.18. The van der Waals surface area contributed by atoms with Crippen molar-refractivity contribution in [1.29, 1.82) is 0 Å². The van der Waals surface area contributed by atoms with Gasteiger partial charge in [0, 0.05) is 11.5 Å². The Morgan fingerprint density at radius 2 is 1.42 bits per heavy atom. The molecule has 4 saturated carbocycles. The number of aryl methyl sites for hydroxylation is 1. The Kier molecular flexibility index (Phi) is 2.58. The Morgan fingerprint density at radius 3 is 1.95 bits per heavy atom. The summed E-state index contributed by atoms with van der Waals surface area (Å²) in [4.78, 5) is 12.8. The molecule has 4 bridgehead atoms. The standard InChI is InChI=1S/C18H22O/c1-11-2-4-14(5-3-11)18(19)17-15-7-12-6-13(9-15)10-16(17)8-12/h2-5,12-13,15-17H,6-10H2,1H3. The lowest BCUT2D eigenvalue weighted by atomic mass is 9.51. The monoisotopic (exact) mass is 254 g/mol. The first-order valence-corrected chi connectivity index (χ1v) is 7.81. The van der Waals surface area contributed by atoms with E-state index in [-0.39, 0.29) is 0 Å². The second kappa shape index (κ2) is 4.19. The summed E-state index contributed by atoms with van der Waals surface area (Å²) < 4.78 is 0. The molecular formula is C18H22O. The van der Waals surface area contributed by atoms with Crippen molar-refractivity contribution in [3.63, 3.8) is 0 Å². The molecule has 0 amide bonds. The van der Waals surface area contributed by atoms with Gasteiger partial charge in [0.25, 0.3) is 0 Å². The van der Waals surface area contributed by atoms with Gasteiger partial charge in [0.05, 0.1) is 0 Å². The summed E-state index contributed by atoms with van der Waals surface area (Å²) in [6, 6.07) is 8.21. The van der Waals surface area contributed by atoms with Gasteiger partial charge in [-0.25, -0.2) is 0 Å². The van der Waals surface area contributed by atoms with Gasteiger partial charge in [-0.2, -0.15) is 0 Å². The van der Waals surface area contributed by atoms with Crippen LogP contribution in [0.2, 0.25) is 0 Å². The number of rotatable bonds is 2. The van der Waals surface area contributed by atoms with E-state index in [0.717, 1.165) is 17.4 Å². The maximum absolute atomic E-state index is 12.8. The minimum atomic E-state index is 0.343. The maximum atomic E-state index is 12.8. The van der Waals surface area contributed by atoms with Crippen LogP contribution in [0, 0.1) is 36.5 Å². The van der Waals surface area contributed by atoms with Crippen LogP contribution in [0.25, 0.3) is 0 Å². The zero-order valence-electron chi connectivity index (χ0n) is 11.6. The highest BCUT2D eigenvalue weighted by molar-refractivity contribution is 5.98. The topological polar surface area (TPSA) is 17.1 Å². The largest absolute Gasteiger partial charge is 0.294 e. The average Bonchev–Trinajstić information content (AvgIpc) is 2.38. The number of Topliss-reactive ketones (excluding diaryl/α,β-unsaturated/α-hetero) is 1. The minimum Gasteiger partial charge on any atom is -0.294 e. The summed E-state index contributed by atoms with van der Waals surface area (Å²) in [6.07, 6.45) is 6.77. The smallest absolute Gasteiger partial charge is 0.166 e. The molecule has 1 aromatic rings. The lowest BCUT2D eigenvalue weighted by molar-refractivity contribution is -0.0251. The highest BCUT2D eigenvalue weighted by atomic mass is 16.1. The van der Waals surface area contributed by atoms with Crippen molar-refractivity contribution in [3.05, 3.63) is 35.4 Å². The third kappa shape index (κ3) is 1.86. The second-order valence-corrected chi connectivity index (χ2v) is 7.19. The van der Waals surface area contributed by atoms with E-state index in [9.17, 15) is 4.79 Å². The molecule has 5 rings (SSSR count). The third-order valence-corrected chi connectivity index (χ3v) is 5.87. The lowest BCUT2D eigenvalue weighted by Gasteiger charge is -2.53. The molecule has 0 saturated heterocycles. The number of hydrogen-bond donors (Lipinski definition) is 0. The Labute approximate surface area is 115 Å². The Balaban J connectivity index is 1.62. The van der Waals surface area contributed by atoms with E-state index in [1.165, 1.54) is 37.7 Å². The van der Waals surface area contributed by atoms with Gasteiger partial charge in [-0.15, -0.1) is 0 Å². The normalized spacial score (nSPS) is 39.5. The molecular weight excluding hydrogens is 232 g/mol. The van der Waals surface area contributed by atoms with Crippen molar-refractivity contribution in [3.8, 4) is 0 Å². The maximum Gasteiger partial charge on any atom is 0.166 e. The number of carbonyl (C=O) groups is 1. The Morgan fingerprint density at radius 1 is 0.895 bits per heavy atom. The van der Waals surface area contributed by atoms with Crippen molar-refractivity contribution >= 4 is 5.78 Å². The zero-order chi connectivity index (χ0) is 13.0. The number of hydrogen-bond acceptors (Lipinski definition) is 1. The van der Waals surface area contributed by atoms with Gasteiger partial charge >= 0.3 is 0 Å². The number of carbonyl (C=O) groups excluding carboxylic acids is 1. The average molecular weight is 254 g/mol. The van der Waals surface area contributed by atoms with Gasteiger partial charge in [-0.1, -0.05) is 29.8 Å². The van der Waals surface area contributed by atoms with Crippen LogP contribution in [0.4, 0.5) is 0 Å². The van der Waals surface area contributed by atoms with Crippen LogP contribution in [-0.2, 0) is 0 Å². The fourth-order valence-corrected chi connectivity index (χ4v) is 5.26. The third-order valence-electron chi connectivity index (χ3n) is 5.87. The first kappa shape index (κ1) is 11.7. The fourth-order valence-electron chi connectivity index (χ4n) is 5.26. The molecule has 4 fully saturated rings. The molecule has 19 heavy (non-hydrogen) atoms. The summed E-state index contributed by atoms with van der Waals surface area (Å²) >= 11 is 0. The van der Waals surface area contributed by atoms with Gasteiger partial charge < -0.3 is 0 Å². The van der Waals surface area contributed by atoms with Crippen LogP contribution < -0.4 is 0 Å². The van der Waals surface area contributed by atoms with E-state index < -0.39 is 0 Å². The molecule has 100 valence electrons. The first-order valence-electron chi connectivity index (χ1n) is 7.81. The molecule has 4 aliphatic carbocycles. The molecule has 1 heteroatoms. The van der Waals surface area contributed by atoms with E-state index >= 15 is 0 Å². The van der Waals surface area contributed by atoms with E-state index in [4.69, 9.17) is 0 Å². The Hall–Kier alpha value is -1.11. The first-order chi connectivity index (χ1) is 9.20. The molecule has 0 N–H and O–H groups in total. The zero-order valence-corrected chi connectivity index (χ0v) is 11.6. The van der Waals surface area contributed by atoms with E-state index in [1.54, 1.807) is 0 Å². The molecule has 4 aliphatic rings. The highest BCUT2D eigenvalue weighted by Gasteiger charge is 2.50. The second-order valence-electron chi connectivity index (χ2n) is 7.19. The van der Waals surface area contributed by atoms with Crippen LogP contribution in [-0.4, -0.2) is 5.78 Å². The molecule has 1 nitrogen and oxygen atoms in total. The summed E-state index contributed by atoms with van der Waals surface area (Å²) in [5.74, 6) is 4.08. The summed E-state index contributed by atoms with van der Waals surface area (Å²) in [7, 11) is 0. The highest BCUT2D eigenvalue weighted by Crippen LogP contribution is 2.57. The van der Waals surface area contributed by atoms with Crippen molar-refractivity contribution in [2.45, 2.75) is 39.0 Å². The quantitative estimate of drug-likeness (QED) is 0.721. The molecule has 0 atom stereocenters. The van der Waals surface area contributed by atoms with Crippen molar-refractivity contribution in [2.75, 3.05) is 0 Å². The Bertz CT molecular complexity index is 471. The van der Waals surface area contributed by atoms with Crippen LogP contribution in [0.15, 0.2) is 24.3 Å². The van der Waals surface area contributed by atoms with Gasteiger partial charge in [0.15, 0.2) is 5.78 Å². The van der Waals surface area contributed by atoms with Gasteiger partial charge in [0.1, 0.15) is 0 Å². The van der Waals surface area contributed by atoms with Gasteiger partial charge in [0.2, 0.25) is 0 Å². The van der Waals surface area contributed by atoms with E-state index in [1.807, 2.05) is 12.1 Å². The van der Waals surface area contributed by atoms with Crippen LogP contribution >= 0.6 is 0 Å². The van der Waals surface area contributed by atoms with E-state index in [0.29, 0.717) is 23.5 Å². The molecule has 0 unspecified atom stereocenters. The van der Waals surface area contributed by atoms with Crippen molar-refractivity contribution in [2.24, 2.45) is 29.6 Å². The van der Waals surface area contributed by atoms with E-state index in [2.05, 4.69) is 19.1 Å². The molecule has 0 aliphatic heterocycles. The van der Waals surface area contributed by atoms with Crippen LogP contribution in [0.3, 0.4) is 0 Å². The minimum absolute atomic E-state index is 0.343. The molecule has 0 heterocycles. The lowest BCUT2D eigenvalue weighted by Crippen LogP contribution is -2.48. The van der Waals surface area contributed by atoms with Gasteiger partial charge in [-0.05, 0) is 62.7 Å². The SMILES string of the molecule is Cc1ccc(C(=O)C2C3CC4CC(C3)CC2C4)cc1. The molecule has 0 aromatic heterocycles. The van der Waals surface area contributed by atoms with Crippen molar-refractivity contribution in [1.82, 2.24) is 0 Å². The molecule has 0 spiro atoms. The van der Waals surface area contributed by atoms with Gasteiger partial charge in [-0.3, -0.25) is 4.79 Å².